The van der Waals surface area contributed by atoms with E-state index in [-0.39, 0.29) is 24.8 Å². The summed E-state index contributed by atoms with van der Waals surface area (Å²) in [5.41, 5.74) is 1.66. The molecule has 1 aliphatic rings. The van der Waals surface area contributed by atoms with Crippen molar-refractivity contribution in [3.63, 3.8) is 0 Å². The van der Waals surface area contributed by atoms with Crippen molar-refractivity contribution >= 4 is 47.9 Å². The molecule has 0 aromatic heterocycles. The fourth-order valence-electron chi connectivity index (χ4n) is 3.09. The minimum Gasteiger partial charge on any atom is -0.481 e. The highest BCUT2D eigenvalue weighted by molar-refractivity contribution is 7.99. The lowest BCUT2D eigenvalue weighted by atomic mass is 10.1. The summed E-state index contributed by atoms with van der Waals surface area (Å²) in [6, 6.07) is 16.2. The zero-order valence-corrected chi connectivity index (χ0v) is 17.4. The number of nitrogens with zero attached hydrogens (tertiary/aromatic N) is 1. The number of thiol groups is 1. The first-order chi connectivity index (χ1) is 14.0. The van der Waals surface area contributed by atoms with Crippen molar-refractivity contribution in [3.05, 3.63) is 60.2 Å². The van der Waals surface area contributed by atoms with Gasteiger partial charge in [-0.15, -0.1) is 11.8 Å². The van der Waals surface area contributed by atoms with Gasteiger partial charge in [0.15, 0.2) is 0 Å². The standard InChI is InChI=1S/C21H22N2O4S2/c24-19(25)10-11-23-16-8-4-5-9-18(16)29-13-15(21(23)27)22-20(26)17(28)12-14-6-2-1-3-7-14/h1-9,15,17,28H,10-13H2,(H,22,26)(H,24,25)/t15-,17-/m0/s1. The molecule has 6 nitrogen and oxygen atoms in total. The van der Waals surface area contributed by atoms with Gasteiger partial charge in [-0.2, -0.15) is 12.6 Å². The zero-order valence-electron chi connectivity index (χ0n) is 15.7. The number of aliphatic carboxylic acids is 1. The van der Waals surface area contributed by atoms with E-state index < -0.39 is 17.3 Å². The lowest BCUT2D eigenvalue weighted by molar-refractivity contribution is -0.136. The van der Waals surface area contributed by atoms with Crippen molar-refractivity contribution in [2.24, 2.45) is 0 Å². The summed E-state index contributed by atoms with van der Waals surface area (Å²) in [6.45, 7) is 0.0480. The summed E-state index contributed by atoms with van der Waals surface area (Å²) < 4.78 is 0. The molecule has 2 N–H and O–H groups in total. The number of rotatable bonds is 7. The predicted octanol–water partition coefficient (Wildman–Crippen LogP) is 2.63. The van der Waals surface area contributed by atoms with E-state index in [0.29, 0.717) is 17.9 Å². The molecule has 8 heteroatoms. The molecule has 1 heterocycles. The number of fused-ring (bicyclic) bond motifs is 1. The number of anilines is 1. The molecular formula is C21H22N2O4S2. The lowest BCUT2D eigenvalue weighted by Crippen LogP contribution is -2.51. The van der Waals surface area contributed by atoms with Gasteiger partial charge < -0.3 is 15.3 Å². The first-order valence-corrected chi connectivity index (χ1v) is 10.7. The molecule has 0 spiro atoms. The van der Waals surface area contributed by atoms with Crippen LogP contribution in [-0.4, -0.2) is 46.5 Å². The second-order valence-electron chi connectivity index (χ2n) is 6.68. The number of para-hydroxylation sites is 1. The number of benzene rings is 2. The Labute approximate surface area is 179 Å². The number of hydrogen-bond donors (Lipinski definition) is 3. The Balaban J connectivity index is 1.73. The molecule has 0 saturated carbocycles. The highest BCUT2D eigenvalue weighted by atomic mass is 32.2. The first kappa shape index (κ1) is 21.3. The maximum atomic E-state index is 13.1. The number of thioether (sulfide) groups is 1. The van der Waals surface area contributed by atoms with Crippen molar-refractivity contribution < 1.29 is 19.5 Å². The van der Waals surface area contributed by atoms with Crippen molar-refractivity contribution in [1.29, 1.82) is 0 Å². The summed E-state index contributed by atoms with van der Waals surface area (Å²) in [7, 11) is 0. The summed E-state index contributed by atoms with van der Waals surface area (Å²) in [5, 5.41) is 11.3. The van der Waals surface area contributed by atoms with Gasteiger partial charge in [0.1, 0.15) is 6.04 Å². The van der Waals surface area contributed by atoms with Gasteiger partial charge in [0.2, 0.25) is 11.8 Å². The largest absolute Gasteiger partial charge is 0.481 e. The predicted molar refractivity (Wildman–Crippen MR) is 117 cm³/mol. The fourth-order valence-corrected chi connectivity index (χ4v) is 4.45. The lowest BCUT2D eigenvalue weighted by Gasteiger charge is -2.26. The third-order valence-corrected chi connectivity index (χ3v) is 6.14. The van der Waals surface area contributed by atoms with Crippen molar-refractivity contribution in [2.45, 2.75) is 29.0 Å². The Morgan fingerprint density at radius 2 is 1.86 bits per heavy atom. The summed E-state index contributed by atoms with van der Waals surface area (Å²) in [6.07, 6.45) is 0.279. The number of hydrogen-bond acceptors (Lipinski definition) is 5. The molecule has 0 radical (unpaired) electrons. The minimum atomic E-state index is -0.981. The van der Waals surface area contributed by atoms with Gasteiger partial charge in [-0.3, -0.25) is 14.4 Å². The average molecular weight is 431 g/mol. The molecule has 2 aromatic carbocycles. The second kappa shape index (κ2) is 9.84. The Hall–Kier alpha value is -2.45. The van der Waals surface area contributed by atoms with Gasteiger partial charge in [0, 0.05) is 17.2 Å². The molecule has 2 amide bonds. The number of carbonyl (C=O) groups excluding carboxylic acids is 2. The first-order valence-electron chi connectivity index (χ1n) is 9.23. The van der Waals surface area contributed by atoms with Gasteiger partial charge in [-0.05, 0) is 24.1 Å². The highest BCUT2D eigenvalue weighted by Crippen LogP contribution is 2.34. The Morgan fingerprint density at radius 1 is 1.17 bits per heavy atom. The quantitative estimate of drug-likeness (QED) is 0.588. The number of carbonyl (C=O) groups is 3. The molecule has 3 rings (SSSR count). The van der Waals surface area contributed by atoms with Crippen LogP contribution >= 0.6 is 24.4 Å². The van der Waals surface area contributed by atoms with Gasteiger partial charge >= 0.3 is 5.97 Å². The topological polar surface area (TPSA) is 86.7 Å². The molecule has 0 aliphatic carbocycles. The normalized spacial score (nSPS) is 17.2. The van der Waals surface area contributed by atoms with Crippen molar-refractivity contribution in [3.8, 4) is 0 Å². The van der Waals surface area contributed by atoms with Crippen LogP contribution in [0.3, 0.4) is 0 Å². The average Bonchev–Trinajstić information content (AvgIpc) is 2.84. The Morgan fingerprint density at radius 3 is 2.59 bits per heavy atom. The van der Waals surface area contributed by atoms with Crippen LogP contribution in [0, 0.1) is 0 Å². The summed E-state index contributed by atoms with van der Waals surface area (Å²) >= 11 is 5.88. The number of carboxylic acid groups (broad SMARTS) is 1. The smallest absolute Gasteiger partial charge is 0.305 e. The van der Waals surface area contributed by atoms with E-state index in [4.69, 9.17) is 5.11 Å². The molecule has 0 unspecified atom stereocenters. The molecule has 0 fully saturated rings. The van der Waals surface area contributed by atoms with Crippen LogP contribution in [0.2, 0.25) is 0 Å². The van der Waals surface area contributed by atoms with E-state index in [0.717, 1.165) is 10.5 Å². The van der Waals surface area contributed by atoms with Crippen LogP contribution in [-0.2, 0) is 20.8 Å². The van der Waals surface area contributed by atoms with Crippen LogP contribution < -0.4 is 10.2 Å². The molecule has 2 aromatic rings. The van der Waals surface area contributed by atoms with Crippen LogP contribution in [0.5, 0.6) is 0 Å². The summed E-state index contributed by atoms with van der Waals surface area (Å²) in [5.74, 6) is -1.24. The van der Waals surface area contributed by atoms with Crippen LogP contribution in [0.15, 0.2) is 59.5 Å². The van der Waals surface area contributed by atoms with Gasteiger partial charge in [0.25, 0.3) is 0 Å². The molecule has 29 heavy (non-hydrogen) atoms. The van der Waals surface area contributed by atoms with Gasteiger partial charge in [0.05, 0.1) is 17.4 Å². The number of nitrogens with one attached hydrogen (secondary N) is 1. The van der Waals surface area contributed by atoms with Gasteiger partial charge in [-0.25, -0.2) is 0 Å². The fraction of sp³-hybridized carbons (Fsp3) is 0.286. The molecule has 0 bridgehead atoms. The monoisotopic (exact) mass is 430 g/mol. The molecule has 0 saturated heterocycles. The molecule has 2 atom stereocenters. The summed E-state index contributed by atoms with van der Waals surface area (Å²) in [4.78, 5) is 39.2. The number of carboxylic acids is 1. The third kappa shape index (κ3) is 5.55. The zero-order chi connectivity index (χ0) is 20.8. The van der Waals surface area contributed by atoms with Crippen LogP contribution in [0.1, 0.15) is 12.0 Å². The van der Waals surface area contributed by atoms with Crippen LogP contribution in [0.25, 0.3) is 0 Å². The maximum absolute atomic E-state index is 13.1. The van der Waals surface area contributed by atoms with Crippen molar-refractivity contribution in [1.82, 2.24) is 5.32 Å². The minimum absolute atomic E-state index is 0.0480. The second-order valence-corrected chi connectivity index (χ2v) is 8.36. The van der Waals surface area contributed by atoms with E-state index >= 15 is 0 Å². The van der Waals surface area contributed by atoms with E-state index in [9.17, 15) is 14.4 Å². The molecule has 152 valence electrons. The number of amides is 2. The molecule has 1 aliphatic heterocycles. The Bertz CT molecular complexity index is 891. The van der Waals surface area contributed by atoms with Crippen molar-refractivity contribution in [2.75, 3.05) is 17.2 Å². The third-order valence-electron chi connectivity index (χ3n) is 4.57. The highest BCUT2D eigenvalue weighted by Gasteiger charge is 2.32. The maximum Gasteiger partial charge on any atom is 0.305 e. The van der Waals surface area contributed by atoms with Gasteiger partial charge in [-0.1, -0.05) is 42.5 Å². The van der Waals surface area contributed by atoms with E-state index in [1.165, 1.54) is 16.7 Å². The van der Waals surface area contributed by atoms with E-state index in [1.54, 1.807) is 6.07 Å². The van der Waals surface area contributed by atoms with E-state index in [2.05, 4.69) is 17.9 Å². The van der Waals surface area contributed by atoms with Crippen LogP contribution in [0.4, 0.5) is 5.69 Å². The SMILES string of the molecule is O=C(O)CCN1C(=O)[C@@H](NC(=O)[C@@H](S)Cc2ccccc2)CSc2ccccc21. The van der Waals surface area contributed by atoms with E-state index in [1.807, 2.05) is 48.5 Å². The Kier molecular flexibility index (Phi) is 7.22. The molecular weight excluding hydrogens is 408 g/mol.